The number of hydrogen-bond acceptors (Lipinski definition) is 9. The van der Waals surface area contributed by atoms with Crippen LogP contribution in [-0.2, 0) is 0 Å². The van der Waals surface area contributed by atoms with Crippen LogP contribution in [0.25, 0.3) is 10.9 Å². The molecule has 1 aromatic carbocycles. The zero-order valence-corrected chi connectivity index (χ0v) is 19.3. The van der Waals surface area contributed by atoms with E-state index in [1.807, 2.05) is 12.1 Å². The molecule has 0 saturated carbocycles. The molecular formula is C24H24F2N8O. The van der Waals surface area contributed by atoms with Gasteiger partial charge in [0.1, 0.15) is 17.3 Å². The lowest BCUT2D eigenvalue weighted by Crippen LogP contribution is -2.44. The molecule has 1 aliphatic rings. The number of likely N-dealkylation sites (N-methyl/N-ethyl adjacent to an activating group) is 1. The van der Waals surface area contributed by atoms with E-state index in [0.29, 0.717) is 39.9 Å². The van der Waals surface area contributed by atoms with Crippen LogP contribution in [0.1, 0.15) is 0 Å². The van der Waals surface area contributed by atoms with Gasteiger partial charge in [-0.15, -0.1) is 0 Å². The van der Waals surface area contributed by atoms with Gasteiger partial charge in [-0.3, -0.25) is 4.98 Å². The van der Waals surface area contributed by atoms with Crippen LogP contribution in [0.5, 0.6) is 5.88 Å². The smallest absolute Gasteiger partial charge is 0.239 e. The Morgan fingerprint density at radius 2 is 1.71 bits per heavy atom. The molecule has 1 fully saturated rings. The molecule has 0 aliphatic carbocycles. The van der Waals surface area contributed by atoms with E-state index in [-0.39, 0.29) is 0 Å². The number of benzene rings is 1. The lowest BCUT2D eigenvalue weighted by Gasteiger charge is -2.33. The fraction of sp³-hybridized carbons (Fsp3) is 0.250. The maximum atomic E-state index is 13.6. The molecule has 5 rings (SSSR count). The van der Waals surface area contributed by atoms with Gasteiger partial charge in [0.15, 0.2) is 11.6 Å². The predicted molar refractivity (Wildman–Crippen MR) is 131 cm³/mol. The first-order chi connectivity index (χ1) is 17.0. The second-order valence-corrected chi connectivity index (χ2v) is 8.22. The van der Waals surface area contributed by atoms with Crippen LogP contribution >= 0.6 is 0 Å². The van der Waals surface area contributed by atoms with Crippen LogP contribution in [0.3, 0.4) is 0 Å². The summed E-state index contributed by atoms with van der Waals surface area (Å²) in [6, 6.07) is 9.38. The molecule has 1 saturated heterocycles. The third kappa shape index (κ3) is 5.04. The minimum atomic E-state index is -0.932. The summed E-state index contributed by atoms with van der Waals surface area (Å²) in [5.74, 6) is 0.273. The summed E-state index contributed by atoms with van der Waals surface area (Å²) in [6.45, 7) is 3.77. The molecule has 11 heteroatoms. The molecule has 4 aromatic rings. The molecule has 3 aromatic heterocycles. The third-order valence-electron chi connectivity index (χ3n) is 5.76. The number of nitrogens with zero attached hydrogens (tertiary/aromatic N) is 6. The van der Waals surface area contributed by atoms with E-state index in [0.717, 1.165) is 44.1 Å². The number of nitrogens with one attached hydrogen (secondary N) is 2. The van der Waals surface area contributed by atoms with Crippen molar-refractivity contribution in [2.45, 2.75) is 0 Å². The average molecular weight is 479 g/mol. The first kappa shape index (κ1) is 22.7. The normalized spacial score (nSPS) is 14.2. The summed E-state index contributed by atoms with van der Waals surface area (Å²) in [5.41, 5.74) is 1.57. The molecule has 2 N–H and O–H groups in total. The zero-order chi connectivity index (χ0) is 24.4. The Morgan fingerprint density at radius 1 is 0.914 bits per heavy atom. The summed E-state index contributed by atoms with van der Waals surface area (Å²) in [7, 11) is 3.68. The van der Waals surface area contributed by atoms with Crippen molar-refractivity contribution in [2.75, 3.05) is 55.9 Å². The van der Waals surface area contributed by atoms with Gasteiger partial charge >= 0.3 is 0 Å². The number of rotatable bonds is 6. The molecule has 35 heavy (non-hydrogen) atoms. The number of fused-ring (bicyclic) bond motifs is 1. The highest BCUT2D eigenvalue weighted by Crippen LogP contribution is 2.29. The highest BCUT2D eigenvalue weighted by Gasteiger charge is 2.17. The Balaban J connectivity index is 1.33. The largest absolute Gasteiger partial charge is 0.479 e. The first-order valence-electron chi connectivity index (χ1n) is 11.1. The van der Waals surface area contributed by atoms with Gasteiger partial charge in [0.25, 0.3) is 0 Å². The molecule has 4 heterocycles. The van der Waals surface area contributed by atoms with E-state index in [2.05, 4.69) is 47.4 Å². The van der Waals surface area contributed by atoms with Gasteiger partial charge in [0, 0.05) is 43.8 Å². The molecule has 1 aliphatic heterocycles. The summed E-state index contributed by atoms with van der Waals surface area (Å²) in [6.07, 6.45) is 3.12. The van der Waals surface area contributed by atoms with Gasteiger partial charge in [-0.1, -0.05) is 0 Å². The maximum absolute atomic E-state index is 13.6. The SMILES string of the molecule is COc1nc(N2CCN(C)CC2)ccc1Nc1nccc(Nc2cnc3cc(F)c(F)cc3c2)n1. The molecule has 0 atom stereocenters. The zero-order valence-electron chi connectivity index (χ0n) is 19.3. The number of pyridine rings is 2. The van der Waals surface area contributed by atoms with E-state index in [1.54, 1.807) is 25.4 Å². The molecular weight excluding hydrogens is 454 g/mol. The van der Waals surface area contributed by atoms with Crippen molar-refractivity contribution in [3.05, 3.63) is 60.4 Å². The Labute approximate surface area is 200 Å². The fourth-order valence-corrected chi connectivity index (χ4v) is 3.84. The number of hydrogen-bond donors (Lipinski definition) is 2. The predicted octanol–water partition coefficient (Wildman–Crippen LogP) is 3.95. The number of piperazine rings is 1. The standard InChI is InChI=1S/C24H24F2N8O/c1-33-7-9-34(10-8-33)22-4-3-19(23(32-22)35-2)30-24-27-6-5-21(31-24)29-16-11-15-12-17(25)18(26)13-20(15)28-14-16/h3-6,11-14H,7-10H2,1-2H3,(H2,27,29,30,31). The van der Waals surface area contributed by atoms with Crippen LogP contribution in [0.2, 0.25) is 0 Å². The Bertz CT molecular complexity index is 1360. The van der Waals surface area contributed by atoms with E-state index in [9.17, 15) is 8.78 Å². The topological polar surface area (TPSA) is 91.3 Å². The lowest BCUT2D eigenvalue weighted by atomic mass is 10.2. The van der Waals surface area contributed by atoms with Gasteiger partial charge in [-0.2, -0.15) is 9.97 Å². The van der Waals surface area contributed by atoms with Crippen molar-refractivity contribution in [2.24, 2.45) is 0 Å². The van der Waals surface area contributed by atoms with Crippen LogP contribution in [0.15, 0.2) is 48.8 Å². The van der Waals surface area contributed by atoms with E-state index in [1.165, 1.54) is 6.20 Å². The lowest BCUT2D eigenvalue weighted by molar-refractivity contribution is 0.311. The monoisotopic (exact) mass is 478 g/mol. The van der Waals surface area contributed by atoms with Crippen LogP contribution in [0, 0.1) is 11.6 Å². The van der Waals surface area contributed by atoms with Crippen LogP contribution < -0.4 is 20.3 Å². The highest BCUT2D eigenvalue weighted by atomic mass is 19.2. The minimum absolute atomic E-state index is 0.337. The van der Waals surface area contributed by atoms with E-state index >= 15 is 0 Å². The minimum Gasteiger partial charge on any atom is -0.479 e. The molecule has 0 radical (unpaired) electrons. The third-order valence-corrected chi connectivity index (χ3v) is 5.76. The second kappa shape index (κ2) is 9.63. The molecule has 180 valence electrons. The van der Waals surface area contributed by atoms with E-state index < -0.39 is 11.6 Å². The van der Waals surface area contributed by atoms with Crippen LogP contribution in [0.4, 0.5) is 37.7 Å². The van der Waals surface area contributed by atoms with Crippen molar-refractivity contribution in [3.63, 3.8) is 0 Å². The molecule has 0 spiro atoms. The number of ether oxygens (including phenoxy) is 1. The molecule has 0 bridgehead atoms. The second-order valence-electron chi connectivity index (χ2n) is 8.22. The summed E-state index contributed by atoms with van der Waals surface area (Å²) in [5, 5.41) is 6.73. The number of anilines is 5. The average Bonchev–Trinajstić information content (AvgIpc) is 2.86. The molecule has 0 amide bonds. The Kier molecular flexibility index (Phi) is 6.23. The van der Waals surface area contributed by atoms with Crippen molar-refractivity contribution in [3.8, 4) is 5.88 Å². The molecule has 9 nitrogen and oxygen atoms in total. The van der Waals surface area contributed by atoms with Gasteiger partial charge in [0.05, 0.1) is 24.5 Å². The van der Waals surface area contributed by atoms with Gasteiger partial charge in [-0.05, 0) is 37.4 Å². The number of aromatic nitrogens is 4. The quantitative estimate of drug-likeness (QED) is 0.427. The van der Waals surface area contributed by atoms with Crippen molar-refractivity contribution in [1.29, 1.82) is 0 Å². The van der Waals surface area contributed by atoms with Gasteiger partial charge in [-0.25, -0.2) is 13.8 Å². The Morgan fingerprint density at radius 3 is 2.51 bits per heavy atom. The van der Waals surface area contributed by atoms with Crippen molar-refractivity contribution >= 4 is 39.9 Å². The van der Waals surface area contributed by atoms with Gasteiger partial charge < -0.3 is 25.2 Å². The summed E-state index contributed by atoms with van der Waals surface area (Å²) < 4.78 is 32.5. The molecule has 0 unspecified atom stereocenters. The Hall–Kier alpha value is -4.12. The fourth-order valence-electron chi connectivity index (χ4n) is 3.84. The van der Waals surface area contributed by atoms with E-state index in [4.69, 9.17) is 4.74 Å². The van der Waals surface area contributed by atoms with Crippen molar-refractivity contribution < 1.29 is 13.5 Å². The van der Waals surface area contributed by atoms with Crippen molar-refractivity contribution in [1.82, 2.24) is 24.8 Å². The van der Waals surface area contributed by atoms with Gasteiger partial charge in [0.2, 0.25) is 11.8 Å². The summed E-state index contributed by atoms with van der Waals surface area (Å²) >= 11 is 0. The van der Waals surface area contributed by atoms with Crippen LogP contribution in [-0.4, -0.2) is 65.2 Å². The number of methoxy groups -OCH3 is 1. The summed E-state index contributed by atoms with van der Waals surface area (Å²) in [4.78, 5) is 22.1. The highest BCUT2D eigenvalue weighted by molar-refractivity contribution is 5.82. The first-order valence-corrected chi connectivity index (χ1v) is 11.1. The number of halogens is 2. The maximum Gasteiger partial charge on any atom is 0.239 e.